The largest absolute Gasteiger partial charge is 0.480 e. The summed E-state index contributed by atoms with van der Waals surface area (Å²) in [5, 5.41) is 8.57. The molecule has 7 heteroatoms. The molecule has 6 nitrogen and oxygen atoms in total. The second-order valence-corrected chi connectivity index (χ2v) is 5.85. The molecule has 1 N–H and O–H groups in total. The van der Waals surface area contributed by atoms with Gasteiger partial charge in [0.05, 0.1) is 12.7 Å². The van der Waals surface area contributed by atoms with Crippen molar-refractivity contribution in [3.05, 3.63) is 0 Å². The van der Waals surface area contributed by atoms with Crippen molar-refractivity contribution in [2.24, 2.45) is 0 Å². The molecule has 2 atom stereocenters. The van der Waals surface area contributed by atoms with Crippen molar-refractivity contribution in [3.8, 4) is 0 Å². The zero-order chi connectivity index (χ0) is 12.3. The number of hydrogen-bond acceptors (Lipinski definition) is 4. The highest BCUT2D eigenvalue weighted by Gasteiger charge is 2.35. The normalized spacial score (nSPS) is 27.9. The van der Waals surface area contributed by atoms with Gasteiger partial charge in [0.15, 0.2) is 5.75 Å². The Morgan fingerprint density at radius 2 is 2.19 bits per heavy atom. The maximum Gasteiger partial charge on any atom is 0.320 e. The Hall–Kier alpha value is -0.660. The Kier molecular flexibility index (Phi) is 4.28. The van der Waals surface area contributed by atoms with Gasteiger partial charge in [0, 0.05) is 12.6 Å². The summed E-state index contributed by atoms with van der Waals surface area (Å²) in [6.07, 6.45) is 0.428. The lowest BCUT2D eigenvalue weighted by molar-refractivity contribution is -0.134. The fraction of sp³-hybridized carbons (Fsp3) is 0.889. The van der Waals surface area contributed by atoms with E-state index in [1.807, 2.05) is 6.92 Å². The predicted octanol–water partition coefficient (Wildman–Crippen LogP) is -0.0999. The van der Waals surface area contributed by atoms with E-state index in [-0.39, 0.29) is 18.7 Å². The van der Waals surface area contributed by atoms with Gasteiger partial charge in [0.2, 0.25) is 10.0 Å². The third kappa shape index (κ3) is 3.16. The molecule has 1 saturated heterocycles. The summed E-state index contributed by atoms with van der Waals surface area (Å²) in [5.41, 5.74) is 0. The van der Waals surface area contributed by atoms with Crippen LogP contribution in [0.4, 0.5) is 0 Å². The average molecular weight is 251 g/mol. The van der Waals surface area contributed by atoms with Crippen LogP contribution in [0.15, 0.2) is 0 Å². The number of morpholine rings is 1. The first-order chi connectivity index (χ1) is 7.36. The van der Waals surface area contributed by atoms with E-state index in [2.05, 4.69) is 0 Å². The van der Waals surface area contributed by atoms with Gasteiger partial charge in [-0.3, -0.25) is 4.79 Å². The Morgan fingerprint density at radius 1 is 1.56 bits per heavy atom. The monoisotopic (exact) mass is 251 g/mol. The van der Waals surface area contributed by atoms with Crippen LogP contribution in [0, 0.1) is 0 Å². The number of hydrogen-bond donors (Lipinski definition) is 1. The van der Waals surface area contributed by atoms with Gasteiger partial charge in [0.1, 0.15) is 0 Å². The average Bonchev–Trinajstić information content (AvgIpc) is 2.15. The second kappa shape index (κ2) is 5.11. The highest BCUT2D eigenvalue weighted by Crippen LogP contribution is 2.18. The van der Waals surface area contributed by atoms with Crippen molar-refractivity contribution < 1.29 is 23.1 Å². The van der Waals surface area contributed by atoms with Crippen LogP contribution >= 0.6 is 0 Å². The topological polar surface area (TPSA) is 83.9 Å². The van der Waals surface area contributed by atoms with Crippen LogP contribution in [0.3, 0.4) is 0 Å². The van der Waals surface area contributed by atoms with E-state index in [0.29, 0.717) is 13.0 Å². The van der Waals surface area contributed by atoms with Crippen LogP contribution in [0.2, 0.25) is 0 Å². The van der Waals surface area contributed by atoms with Gasteiger partial charge in [-0.2, -0.15) is 4.31 Å². The molecule has 1 aliphatic rings. The molecule has 0 aromatic heterocycles. The zero-order valence-corrected chi connectivity index (χ0v) is 10.2. The molecule has 0 aromatic carbocycles. The van der Waals surface area contributed by atoms with Crippen LogP contribution in [0.5, 0.6) is 0 Å². The van der Waals surface area contributed by atoms with Gasteiger partial charge in [-0.25, -0.2) is 8.42 Å². The minimum Gasteiger partial charge on any atom is -0.480 e. The Morgan fingerprint density at radius 3 is 2.69 bits per heavy atom. The van der Waals surface area contributed by atoms with Gasteiger partial charge < -0.3 is 9.84 Å². The molecule has 0 aromatic rings. The first-order valence-corrected chi connectivity index (χ1v) is 6.80. The number of ether oxygens (including phenoxy) is 1. The molecule has 1 heterocycles. The maximum atomic E-state index is 11.8. The Bertz CT molecular complexity index is 353. The Labute approximate surface area is 95.2 Å². The van der Waals surface area contributed by atoms with Gasteiger partial charge in [-0.05, 0) is 13.3 Å². The van der Waals surface area contributed by atoms with Crippen LogP contribution in [-0.2, 0) is 19.6 Å². The van der Waals surface area contributed by atoms with Crippen molar-refractivity contribution in [2.75, 3.05) is 18.9 Å². The summed E-state index contributed by atoms with van der Waals surface area (Å²) in [4.78, 5) is 10.5. The maximum absolute atomic E-state index is 11.8. The molecule has 1 fully saturated rings. The van der Waals surface area contributed by atoms with E-state index in [9.17, 15) is 13.2 Å². The summed E-state index contributed by atoms with van der Waals surface area (Å²) < 4.78 is 30.2. The van der Waals surface area contributed by atoms with Gasteiger partial charge in [-0.15, -0.1) is 0 Å². The van der Waals surface area contributed by atoms with E-state index in [1.54, 1.807) is 6.92 Å². The number of carbonyl (C=O) groups is 1. The Balaban J connectivity index is 2.85. The number of carboxylic acids is 1. The number of aliphatic carboxylic acids is 1. The fourth-order valence-electron chi connectivity index (χ4n) is 1.71. The number of nitrogens with zero attached hydrogens (tertiary/aromatic N) is 1. The quantitative estimate of drug-likeness (QED) is 0.754. The summed E-state index contributed by atoms with van der Waals surface area (Å²) >= 11 is 0. The molecule has 0 bridgehead atoms. The zero-order valence-electron chi connectivity index (χ0n) is 9.42. The standard InChI is InChI=1S/C9H17NO5S/c1-3-8-5-15-7(2)4-10(8)16(13,14)6-9(11)12/h7-8H,3-6H2,1-2H3,(H,11,12). The smallest absolute Gasteiger partial charge is 0.320 e. The molecule has 16 heavy (non-hydrogen) atoms. The minimum absolute atomic E-state index is 0.189. The number of rotatable bonds is 4. The fourth-order valence-corrected chi connectivity index (χ4v) is 3.29. The van der Waals surface area contributed by atoms with Crippen LogP contribution in [0.25, 0.3) is 0 Å². The van der Waals surface area contributed by atoms with E-state index in [1.165, 1.54) is 4.31 Å². The van der Waals surface area contributed by atoms with E-state index >= 15 is 0 Å². The lowest BCUT2D eigenvalue weighted by atomic mass is 10.2. The van der Waals surface area contributed by atoms with E-state index in [4.69, 9.17) is 9.84 Å². The summed E-state index contributed by atoms with van der Waals surface area (Å²) in [6.45, 7) is 4.19. The summed E-state index contributed by atoms with van der Waals surface area (Å²) in [6, 6.07) is -0.249. The molecule has 2 unspecified atom stereocenters. The molecule has 1 rings (SSSR count). The van der Waals surface area contributed by atoms with E-state index < -0.39 is 21.7 Å². The predicted molar refractivity (Wildman–Crippen MR) is 57.6 cm³/mol. The third-order valence-electron chi connectivity index (χ3n) is 2.55. The molecule has 94 valence electrons. The minimum atomic E-state index is -3.72. The highest BCUT2D eigenvalue weighted by atomic mass is 32.2. The van der Waals surface area contributed by atoms with E-state index in [0.717, 1.165) is 0 Å². The van der Waals surface area contributed by atoms with Crippen molar-refractivity contribution in [1.82, 2.24) is 4.31 Å². The van der Waals surface area contributed by atoms with Gasteiger partial charge >= 0.3 is 5.97 Å². The molecule has 1 aliphatic heterocycles. The molecule has 0 saturated carbocycles. The van der Waals surface area contributed by atoms with Crippen LogP contribution in [0.1, 0.15) is 20.3 Å². The summed E-state index contributed by atoms with van der Waals surface area (Å²) in [5.74, 6) is -2.18. The molecular formula is C9H17NO5S. The SMILES string of the molecule is CCC1COC(C)CN1S(=O)(=O)CC(=O)O. The summed E-state index contributed by atoms with van der Waals surface area (Å²) in [7, 11) is -3.72. The van der Waals surface area contributed by atoms with Crippen molar-refractivity contribution in [2.45, 2.75) is 32.4 Å². The molecule has 0 amide bonds. The van der Waals surface area contributed by atoms with Crippen molar-refractivity contribution in [1.29, 1.82) is 0 Å². The first kappa shape index (κ1) is 13.4. The molecular weight excluding hydrogens is 234 g/mol. The van der Waals surface area contributed by atoms with Crippen LogP contribution in [-0.4, -0.2) is 54.8 Å². The van der Waals surface area contributed by atoms with Crippen molar-refractivity contribution >= 4 is 16.0 Å². The number of sulfonamides is 1. The third-order valence-corrected chi connectivity index (χ3v) is 4.33. The number of carboxylic acid groups (broad SMARTS) is 1. The van der Waals surface area contributed by atoms with Gasteiger partial charge in [0.25, 0.3) is 0 Å². The van der Waals surface area contributed by atoms with Crippen molar-refractivity contribution in [3.63, 3.8) is 0 Å². The highest BCUT2D eigenvalue weighted by molar-refractivity contribution is 7.89. The molecule has 0 radical (unpaired) electrons. The lowest BCUT2D eigenvalue weighted by Crippen LogP contribution is -2.52. The first-order valence-electron chi connectivity index (χ1n) is 5.19. The molecule has 0 aliphatic carbocycles. The second-order valence-electron chi connectivity index (χ2n) is 3.93. The van der Waals surface area contributed by atoms with Gasteiger partial charge in [-0.1, -0.05) is 6.92 Å². The lowest BCUT2D eigenvalue weighted by Gasteiger charge is -2.36. The van der Waals surface area contributed by atoms with Crippen LogP contribution < -0.4 is 0 Å². The molecule has 0 spiro atoms.